The first-order valence-electron chi connectivity index (χ1n) is 6.25. The van der Waals surface area contributed by atoms with Crippen molar-refractivity contribution in [1.82, 2.24) is 0 Å². The van der Waals surface area contributed by atoms with Crippen LogP contribution in [0.25, 0.3) is 0 Å². The van der Waals surface area contributed by atoms with Crippen LogP contribution >= 0.6 is 28.1 Å². The molecule has 5 heteroatoms. The van der Waals surface area contributed by atoms with E-state index in [2.05, 4.69) is 22.9 Å². The second-order valence-electron chi connectivity index (χ2n) is 3.83. The highest BCUT2D eigenvalue weighted by Gasteiger charge is 2.15. The molecule has 0 aliphatic rings. The van der Waals surface area contributed by atoms with Crippen LogP contribution in [0.4, 0.5) is 0 Å². The summed E-state index contributed by atoms with van der Waals surface area (Å²) < 4.78 is 17.0. The average Bonchev–Trinajstić information content (AvgIpc) is 2.40. The molecule has 0 heterocycles. The van der Waals surface area contributed by atoms with Crippen LogP contribution in [0.5, 0.6) is 5.75 Å². The fourth-order valence-electron chi connectivity index (χ4n) is 1.62. The Bertz CT molecular complexity index is 435. The second kappa shape index (κ2) is 8.51. The highest BCUT2D eigenvalue weighted by atomic mass is 79.9. The van der Waals surface area contributed by atoms with Crippen molar-refractivity contribution in [2.45, 2.75) is 20.3 Å². The van der Waals surface area contributed by atoms with E-state index in [1.165, 1.54) is 0 Å². The summed E-state index contributed by atoms with van der Waals surface area (Å²) in [5.41, 5.74) is 1.98. The van der Waals surface area contributed by atoms with E-state index >= 15 is 0 Å². The highest BCUT2D eigenvalue weighted by Crippen LogP contribution is 2.33. The molecular weight excluding hydrogens is 328 g/mol. The third kappa shape index (κ3) is 4.44. The lowest BCUT2D eigenvalue weighted by Gasteiger charge is -2.15. The molecule has 19 heavy (non-hydrogen) atoms. The first-order chi connectivity index (χ1) is 9.15. The molecular formula is C14H19BrO3S. The van der Waals surface area contributed by atoms with Gasteiger partial charge in [-0.15, -0.1) is 0 Å². The van der Waals surface area contributed by atoms with Gasteiger partial charge in [-0.3, -0.25) is 0 Å². The monoisotopic (exact) mass is 346 g/mol. The second-order valence-corrected chi connectivity index (χ2v) is 4.99. The van der Waals surface area contributed by atoms with Crippen molar-refractivity contribution in [1.29, 1.82) is 0 Å². The molecule has 0 spiro atoms. The summed E-state index contributed by atoms with van der Waals surface area (Å²) in [6, 6.07) is 3.98. The van der Waals surface area contributed by atoms with Crippen molar-refractivity contribution in [3.05, 3.63) is 27.7 Å². The van der Waals surface area contributed by atoms with Crippen LogP contribution in [0.3, 0.4) is 0 Å². The lowest BCUT2D eigenvalue weighted by atomic mass is 10.1. The molecule has 0 aromatic heterocycles. The van der Waals surface area contributed by atoms with Crippen molar-refractivity contribution >= 4 is 33.2 Å². The summed E-state index contributed by atoms with van der Waals surface area (Å²) in [6.07, 6.45) is 0.891. The maximum absolute atomic E-state index is 5.78. The zero-order chi connectivity index (χ0) is 14.3. The standard InChI is InChI=1S/C14H19BrO3S/c1-4-10-6-7-11(14(19)17-5-2)12(15)13(10)18-9-8-16-3/h6-7H,4-5,8-9H2,1-3H3. The number of hydrogen-bond acceptors (Lipinski definition) is 4. The van der Waals surface area contributed by atoms with Crippen LogP contribution < -0.4 is 4.74 Å². The summed E-state index contributed by atoms with van der Waals surface area (Å²) in [4.78, 5) is 0. The molecule has 0 aliphatic carbocycles. The zero-order valence-electron chi connectivity index (χ0n) is 11.5. The van der Waals surface area contributed by atoms with Gasteiger partial charge in [-0.1, -0.05) is 13.0 Å². The lowest BCUT2D eigenvalue weighted by Crippen LogP contribution is -2.09. The minimum atomic E-state index is 0.480. The molecule has 0 bridgehead atoms. The number of methoxy groups -OCH3 is 1. The van der Waals surface area contributed by atoms with E-state index in [4.69, 9.17) is 26.4 Å². The van der Waals surface area contributed by atoms with Gasteiger partial charge < -0.3 is 14.2 Å². The smallest absolute Gasteiger partial charge is 0.192 e. The van der Waals surface area contributed by atoms with E-state index in [0.717, 1.165) is 27.8 Å². The molecule has 1 aromatic carbocycles. The number of benzene rings is 1. The van der Waals surface area contributed by atoms with Gasteiger partial charge in [-0.05, 0) is 53.1 Å². The predicted molar refractivity (Wildman–Crippen MR) is 84.2 cm³/mol. The van der Waals surface area contributed by atoms with Crippen molar-refractivity contribution in [3.8, 4) is 5.75 Å². The fraction of sp³-hybridized carbons (Fsp3) is 0.500. The topological polar surface area (TPSA) is 27.7 Å². The molecule has 3 nitrogen and oxygen atoms in total. The minimum absolute atomic E-state index is 0.480. The van der Waals surface area contributed by atoms with Crippen molar-refractivity contribution in [2.24, 2.45) is 0 Å². The molecule has 1 rings (SSSR count). The highest BCUT2D eigenvalue weighted by molar-refractivity contribution is 9.10. The first kappa shape index (κ1) is 16.4. The fourth-order valence-corrected chi connectivity index (χ4v) is 2.72. The maximum atomic E-state index is 5.78. The Balaban J connectivity index is 3.03. The summed E-state index contributed by atoms with van der Waals surface area (Å²) in [5, 5.41) is 0.480. The Morgan fingerprint density at radius 2 is 2.00 bits per heavy atom. The van der Waals surface area contributed by atoms with Gasteiger partial charge in [-0.25, -0.2) is 0 Å². The van der Waals surface area contributed by atoms with Gasteiger partial charge in [0.05, 0.1) is 17.7 Å². The number of halogens is 1. The molecule has 0 unspecified atom stereocenters. The Labute approximate surface area is 128 Å². The van der Waals surface area contributed by atoms with Crippen LogP contribution in [0, 0.1) is 0 Å². The van der Waals surface area contributed by atoms with Gasteiger partial charge in [0.15, 0.2) is 5.05 Å². The molecule has 0 saturated carbocycles. The largest absolute Gasteiger partial charge is 0.490 e. The molecule has 106 valence electrons. The Morgan fingerprint density at radius 3 is 2.58 bits per heavy atom. The van der Waals surface area contributed by atoms with Gasteiger partial charge in [0.2, 0.25) is 0 Å². The third-order valence-electron chi connectivity index (χ3n) is 2.59. The number of hydrogen-bond donors (Lipinski definition) is 0. The minimum Gasteiger partial charge on any atom is -0.490 e. The third-order valence-corrected chi connectivity index (χ3v) is 3.71. The van der Waals surface area contributed by atoms with Gasteiger partial charge >= 0.3 is 0 Å². The number of thiocarbonyl (C=S) groups is 1. The molecule has 0 N–H and O–H groups in total. The van der Waals surface area contributed by atoms with Crippen molar-refractivity contribution in [2.75, 3.05) is 26.9 Å². The molecule has 0 fully saturated rings. The van der Waals surface area contributed by atoms with E-state index in [1.807, 2.05) is 19.1 Å². The maximum Gasteiger partial charge on any atom is 0.192 e. The summed E-state index contributed by atoms with van der Waals surface area (Å²) in [6.45, 7) is 5.62. The van der Waals surface area contributed by atoms with Gasteiger partial charge in [0, 0.05) is 12.7 Å². The number of ether oxygens (including phenoxy) is 3. The van der Waals surface area contributed by atoms with Gasteiger partial charge in [-0.2, -0.15) is 0 Å². The zero-order valence-corrected chi connectivity index (χ0v) is 13.9. The average molecular weight is 347 g/mol. The van der Waals surface area contributed by atoms with E-state index in [-0.39, 0.29) is 0 Å². The molecule has 0 saturated heterocycles. The lowest BCUT2D eigenvalue weighted by molar-refractivity contribution is 0.145. The number of aryl methyl sites for hydroxylation is 1. The SMILES string of the molecule is CCOC(=S)c1ccc(CC)c(OCCOC)c1Br. The predicted octanol–water partition coefficient (Wildman–Crippen LogP) is 3.75. The van der Waals surface area contributed by atoms with E-state index in [1.54, 1.807) is 7.11 Å². The van der Waals surface area contributed by atoms with E-state index in [9.17, 15) is 0 Å². The van der Waals surface area contributed by atoms with Crippen LogP contribution in [-0.2, 0) is 15.9 Å². The number of rotatable bonds is 7. The van der Waals surface area contributed by atoms with Crippen LogP contribution in [0.2, 0.25) is 0 Å². The van der Waals surface area contributed by atoms with Gasteiger partial charge in [0.1, 0.15) is 12.4 Å². The normalized spacial score (nSPS) is 10.3. The quantitative estimate of drug-likeness (QED) is 0.555. The molecule has 0 radical (unpaired) electrons. The molecule has 0 aliphatic heterocycles. The van der Waals surface area contributed by atoms with E-state index in [0.29, 0.717) is 24.9 Å². The summed E-state index contributed by atoms with van der Waals surface area (Å²) in [7, 11) is 1.65. The van der Waals surface area contributed by atoms with Crippen molar-refractivity contribution in [3.63, 3.8) is 0 Å². The Hall–Kier alpha value is -0.650. The molecule has 1 aromatic rings. The summed E-state index contributed by atoms with van der Waals surface area (Å²) >= 11 is 8.81. The summed E-state index contributed by atoms with van der Waals surface area (Å²) in [5.74, 6) is 0.819. The molecule has 0 amide bonds. The van der Waals surface area contributed by atoms with E-state index < -0.39 is 0 Å². The van der Waals surface area contributed by atoms with Crippen LogP contribution in [0.1, 0.15) is 25.0 Å². The Morgan fingerprint density at radius 1 is 1.26 bits per heavy atom. The Kier molecular flexibility index (Phi) is 7.34. The van der Waals surface area contributed by atoms with Gasteiger partial charge in [0.25, 0.3) is 0 Å². The molecule has 0 atom stereocenters. The van der Waals surface area contributed by atoms with Crippen LogP contribution in [-0.4, -0.2) is 32.0 Å². The van der Waals surface area contributed by atoms with Crippen LogP contribution in [0.15, 0.2) is 16.6 Å². The van der Waals surface area contributed by atoms with Crippen molar-refractivity contribution < 1.29 is 14.2 Å². The first-order valence-corrected chi connectivity index (χ1v) is 7.46.